The highest BCUT2D eigenvalue weighted by Gasteiger charge is 2.24. The molecule has 0 fully saturated rings. The third kappa shape index (κ3) is 1.62. The van der Waals surface area contributed by atoms with Crippen LogP contribution in [0.15, 0.2) is 27.6 Å². The van der Waals surface area contributed by atoms with Gasteiger partial charge in [-0.05, 0) is 18.4 Å². The number of methoxy groups -OCH3 is 1. The fourth-order valence-electron chi connectivity index (χ4n) is 2.47. The molecule has 1 aliphatic rings. The lowest BCUT2D eigenvalue weighted by molar-refractivity contribution is 0.409. The average Bonchev–Trinajstić information content (AvgIpc) is 2.76. The number of benzene rings is 1. The average molecular weight is 243 g/mol. The van der Waals surface area contributed by atoms with Crippen molar-refractivity contribution in [3.8, 4) is 5.75 Å². The van der Waals surface area contributed by atoms with Gasteiger partial charge in [0.25, 0.3) is 0 Å². The van der Waals surface area contributed by atoms with Crippen molar-refractivity contribution in [3.63, 3.8) is 0 Å². The van der Waals surface area contributed by atoms with Gasteiger partial charge in [0.2, 0.25) is 0 Å². The quantitative estimate of drug-likeness (QED) is 0.809. The van der Waals surface area contributed by atoms with Crippen LogP contribution in [0.25, 0.3) is 11.0 Å². The summed E-state index contributed by atoms with van der Waals surface area (Å²) >= 11 is 0. The molecule has 0 bridgehead atoms. The first-order valence-electron chi connectivity index (χ1n) is 6.32. The second-order valence-electron chi connectivity index (χ2n) is 5.08. The number of nitrogens with zero attached hydrogens (tertiary/aromatic N) is 1. The smallest absolute Gasteiger partial charge is 0.176 e. The van der Waals surface area contributed by atoms with Crippen molar-refractivity contribution in [1.82, 2.24) is 0 Å². The van der Waals surface area contributed by atoms with Crippen molar-refractivity contribution in [1.29, 1.82) is 0 Å². The molecule has 3 heteroatoms. The molecule has 3 nitrogen and oxygen atoms in total. The Morgan fingerprint density at radius 2 is 2.22 bits per heavy atom. The van der Waals surface area contributed by atoms with Gasteiger partial charge in [0.15, 0.2) is 11.3 Å². The van der Waals surface area contributed by atoms with E-state index in [0.29, 0.717) is 12.0 Å². The molecule has 2 heterocycles. The van der Waals surface area contributed by atoms with Crippen LogP contribution in [0, 0.1) is 5.92 Å². The molecule has 1 aromatic heterocycles. The highest BCUT2D eigenvalue weighted by molar-refractivity contribution is 5.94. The van der Waals surface area contributed by atoms with Gasteiger partial charge in [0, 0.05) is 10.9 Å². The topological polar surface area (TPSA) is 34.7 Å². The molecule has 1 atom stereocenters. The van der Waals surface area contributed by atoms with Crippen LogP contribution in [0.4, 0.5) is 0 Å². The molecule has 1 aliphatic heterocycles. The molecule has 0 radical (unpaired) electrons. The van der Waals surface area contributed by atoms with Gasteiger partial charge < -0.3 is 9.15 Å². The number of para-hydroxylation sites is 1. The minimum atomic E-state index is 0.351. The Labute approximate surface area is 106 Å². The Bertz CT molecular complexity index is 610. The number of ether oxygens (including phenoxy) is 1. The first-order chi connectivity index (χ1) is 8.70. The van der Waals surface area contributed by atoms with Crippen LogP contribution in [0.3, 0.4) is 0 Å². The third-order valence-corrected chi connectivity index (χ3v) is 3.60. The van der Waals surface area contributed by atoms with E-state index in [0.717, 1.165) is 28.9 Å². The van der Waals surface area contributed by atoms with Crippen molar-refractivity contribution in [2.75, 3.05) is 7.11 Å². The molecular formula is C15H17NO2. The molecule has 94 valence electrons. The molecule has 0 aliphatic carbocycles. The minimum absolute atomic E-state index is 0.351. The van der Waals surface area contributed by atoms with Crippen LogP contribution < -0.4 is 4.74 Å². The van der Waals surface area contributed by atoms with E-state index in [1.165, 1.54) is 5.56 Å². The summed E-state index contributed by atoms with van der Waals surface area (Å²) in [7, 11) is 1.67. The summed E-state index contributed by atoms with van der Waals surface area (Å²) in [6, 6.07) is 6.38. The van der Waals surface area contributed by atoms with Crippen molar-refractivity contribution in [3.05, 3.63) is 29.5 Å². The van der Waals surface area contributed by atoms with Crippen LogP contribution in [0.1, 0.15) is 25.2 Å². The molecule has 0 saturated heterocycles. The number of aliphatic imine (C=N–C) groups is 1. The fraction of sp³-hybridized carbons (Fsp3) is 0.400. The minimum Gasteiger partial charge on any atom is -0.493 e. The van der Waals surface area contributed by atoms with E-state index in [4.69, 9.17) is 9.15 Å². The lowest BCUT2D eigenvalue weighted by Gasteiger charge is -2.19. The normalized spacial score (nSPS) is 18.3. The Hall–Kier alpha value is -1.77. The number of furan rings is 1. The Morgan fingerprint density at radius 1 is 1.39 bits per heavy atom. The van der Waals surface area contributed by atoms with Gasteiger partial charge in [-0.25, -0.2) is 0 Å². The van der Waals surface area contributed by atoms with Gasteiger partial charge in [0.1, 0.15) is 5.76 Å². The van der Waals surface area contributed by atoms with E-state index >= 15 is 0 Å². The second kappa shape index (κ2) is 4.16. The van der Waals surface area contributed by atoms with Crippen LogP contribution in [-0.4, -0.2) is 19.4 Å². The highest BCUT2D eigenvalue weighted by atomic mass is 16.5. The molecule has 3 rings (SSSR count). The summed E-state index contributed by atoms with van der Waals surface area (Å²) in [5.74, 6) is 2.22. The van der Waals surface area contributed by atoms with Crippen molar-refractivity contribution in [2.24, 2.45) is 10.9 Å². The maximum Gasteiger partial charge on any atom is 0.176 e. The summed E-state index contributed by atoms with van der Waals surface area (Å²) in [5, 5.41) is 1.15. The molecule has 0 saturated carbocycles. The molecule has 0 unspecified atom stereocenters. The third-order valence-electron chi connectivity index (χ3n) is 3.60. The molecule has 18 heavy (non-hydrogen) atoms. The first kappa shape index (κ1) is 11.3. The van der Waals surface area contributed by atoms with Gasteiger partial charge >= 0.3 is 0 Å². The summed E-state index contributed by atoms with van der Waals surface area (Å²) in [6.07, 6.45) is 2.81. The molecule has 1 aromatic carbocycles. The Morgan fingerprint density at radius 3 is 2.94 bits per heavy atom. The predicted molar refractivity (Wildman–Crippen MR) is 72.7 cm³/mol. The largest absolute Gasteiger partial charge is 0.493 e. The van der Waals surface area contributed by atoms with E-state index in [9.17, 15) is 0 Å². The van der Waals surface area contributed by atoms with Crippen LogP contribution in [-0.2, 0) is 6.42 Å². The van der Waals surface area contributed by atoms with E-state index in [1.807, 2.05) is 18.3 Å². The van der Waals surface area contributed by atoms with Crippen LogP contribution in [0.5, 0.6) is 5.75 Å². The summed E-state index contributed by atoms with van der Waals surface area (Å²) < 4.78 is 11.2. The van der Waals surface area contributed by atoms with Gasteiger partial charge in [-0.2, -0.15) is 0 Å². The summed E-state index contributed by atoms with van der Waals surface area (Å²) in [6.45, 7) is 4.41. The number of fused-ring (bicyclic) bond motifs is 3. The number of rotatable bonds is 2. The molecular weight excluding hydrogens is 226 g/mol. The standard InChI is InChI=1S/C15H17NO2/c1-9(2)12-7-11-10-5-4-6-13(17-3)15(10)18-14(11)8-16-12/h4-6,8-9,12H,7H2,1-3H3/t12-/m0/s1. The highest BCUT2D eigenvalue weighted by Crippen LogP contribution is 2.35. The lowest BCUT2D eigenvalue weighted by Crippen LogP contribution is -2.20. The van der Waals surface area contributed by atoms with Crippen LogP contribution in [0.2, 0.25) is 0 Å². The SMILES string of the molecule is COc1cccc2c3c(oc12)C=N[C@H](C(C)C)C3. The predicted octanol–water partition coefficient (Wildman–Crippen LogP) is 3.44. The Balaban J connectivity index is 2.16. The zero-order chi connectivity index (χ0) is 12.7. The molecule has 2 aromatic rings. The zero-order valence-electron chi connectivity index (χ0n) is 10.9. The molecule has 0 N–H and O–H groups in total. The van der Waals surface area contributed by atoms with E-state index in [2.05, 4.69) is 24.9 Å². The molecule has 0 spiro atoms. The van der Waals surface area contributed by atoms with Crippen molar-refractivity contribution < 1.29 is 9.15 Å². The summed E-state index contributed by atoms with van der Waals surface area (Å²) in [5.41, 5.74) is 2.10. The summed E-state index contributed by atoms with van der Waals surface area (Å²) in [4.78, 5) is 4.56. The molecule has 0 amide bonds. The first-order valence-corrected chi connectivity index (χ1v) is 6.32. The maximum absolute atomic E-state index is 5.87. The number of hydrogen-bond donors (Lipinski definition) is 0. The maximum atomic E-state index is 5.87. The van der Waals surface area contributed by atoms with E-state index in [-0.39, 0.29) is 0 Å². The fourth-order valence-corrected chi connectivity index (χ4v) is 2.47. The van der Waals surface area contributed by atoms with E-state index in [1.54, 1.807) is 7.11 Å². The van der Waals surface area contributed by atoms with Crippen molar-refractivity contribution >= 4 is 17.2 Å². The van der Waals surface area contributed by atoms with E-state index < -0.39 is 0 Å². The second-order valence-corrected chi connectivity index (χ2v) is 5.08. The van der Waals surface area contributed by atoms with Gasteiger partial charge in [0.05, 0.1) is 19.4 Å². The zero-order valence-corrected chi connectivity index (χ0v) is 10.9. The van der Waals surface area contributed by atoms with Crippen molar-refractivity contribution in [2.45, 2.75) is 26.3 Å². The van der Waals surface area contributed by atoms with Gasteiger partial charge in [-0.1, -0.05) is 26.0 Å². The monoisotopic (exact) mass is 243 g/mol. The number of hydrogen-bond acceptors (Lipinski definition) is 3. The Kier molecular flexibility index (Phi) is 2.62. The van der Waals surface area contributed by atoms with Gasteiger partial charge in [-0.3, -0.25) is 4.99 Å². The van der Waals surface area contributed by atoms with Crippen LogP contribution >= 0.6 is 0 Å². The lowest BCUT2D eigenvalue weighted by atomic mass is 9.93. The van der Waals surface area contributed by atoms with Gasteiger partial charge in [-0.15, -0.1) is 0 Å².